The number of carbonyl (C=O) groups excluding carboxylic acids is 1. The molecule has 6 nitrogen and oxygen atoms in total. The van der Waals surface area contributed by atoms with Crippen molar-refractivity contribution in [3.8, 4) is 0 Å². The van der Waals surface area contributed by atoms with E-state index >= 15 is 0 Å². The molecule has 3 aromatic heterocycles. The van der Waals surface area contributed by atoms with E-state index in [1.807, 2.05) is 0 Å². The average Bonchev–Trinajstić information content (AvgIpc) is 2.54. The molecule has 0 N–H and O–H groups in total. The summed E-state index contributed by atoms with van der Waals surface area (Å²) < 4.78 is 7.31. The van der Waals surface area contributed by atoms with Gasteiger partial charge in [-0.2, -0.15) is 0 Å². The van der Waals surface area contributed by atoms with Crippen molar-refractivity contribution in [2.75, 3.05) is 0 Å². The first-order valence-electron chi connectivity index (χ1n) is 6.39. The molecule has 3 heterocycles. The fraction of sp³-hybridized carbons (Fsp3) is 0.0667. The van der Waals surface area contributed by atoms with Crippen LogP contribution in [-0.2, 0) is 11.3 Å². The van der Waals surface area contributed by atoms with Gasteiger partial charge in [-0.1, -0.05) is 6.07 Å². The number of carbonyl (C=O) groups is 1. The van der Waals surface area contributed by atoms with E-state index in [-0.39, 0.29) is 17.9 Å². The third-order valence-corrected chi connectivity index (χ3v) is 3.37. The van der Waals surface area contributed by atoms with Gasteiger partial charge < -0.3 is 4.74 Å². The Morgan fingerprint density at radius 1 is 1.27 bits per heavy atom. The van der Waals surface area contributed by atoms with Crippen LogP contribution in [0.4, 0.5) is 0 Å². The minimum atomic E-state index is -0.557. The Morgan fingerprint density at radius 3 is 2.91 bits per heavy atom. The highest BCUT2D eigenvalue weighted by molar-refractivity contribution is 9.10. The van der Waals surface area contributed by atoms with E-state index in [0.717, 1.165) is 4.47 Å². The summed E-state index contributed by atoms with van der Waals surface area (Å²) in [5.74, 6) is -0.557. The molecule has 0 saturated carbocycles. The number of nitrogens with zero attached hydrogens (tertiary/aromatic N) is 3. The van der Waals surface area contributed by atoms with Crippen LogP contribution in [0.2, 0.25) is 0 Å². The Morgan fingerprint density at radius 2 is 2.14 bits per heavy atom. The number of fused-ring (bicyclic) bond motifs is 1. The third-order valence-electron chi connectivity index (χ3n) is 2.90. The van der Waals surface area contributed by atoms with E-state index in [1.165, 1.54) is 16.7 Å². The van der Waals surface area contributed by atoms with E-state index in [4.69, 9.17) is 4.74 Å². The summed E-state index contributed by atoms with van der Waals surface area (Å²) >= 11 is 3.30. The number of hydrogen-bond acceptors (Lipinski definition) is 5. The van der Waals surface area contributed by atoms with Gasteiger partial charge >= 0.3 is 5.97 Å². The largest absolute Gasteiger partial charge is 0.454 e. The zero-order chi connectivity index (χ0) is 15.5. The van der Waals surface area contributed by atoms with Gasteiger partial charge in [0.2, 0.25) is 0 Å². The van der Waals surface area contributed by atoms with Gasteiger partial charge in [0.15, 0.2) is 0 Å². The Kier molecular flexibility index (Phi) is 3.97. The first-order chi connectivity index (χ1) is 10.6. The monoisotopic (exact) mass is 359 g/mol. The lowest BCUT2D eigenvalue weighted by atomic mass is 10.3. The summed E-state index contributed by atoms with van der Waals surface area (Å²) in [4.78, 5) is 32.0. The van der Waals surface area contributed by atoms with Crippen LogP contribution in [0.25, 0.3) is 5.65 Å². The molecule has 0 bridgehead atoms. The molecule has 0 spiro atoms. The number of aromatic nitrogens is 3. The highest BCUT2D eigenvalue weighted by Crippen LogP contribution is 2.10. The predicted octanol–water partition coefficient (Wildman–Crippen LogP) is 2.21. The number of rotatable bonds is 3. The maximum Gasteiger partial charge on any atom is 0.357 e. The first kappa shape index (κ1) is 14.4. The molecule has 0 unspecified atom stereocenters. The minimum Gasteiger partial charge on any atom is -0.454 e. The molecular weight excluding hydrogens is 350 g/mol. The summed E-state index contributed by atoms with van der Waals surface area (Å²) in [7, 11) is 0. The molecule has 3 aromatic rings. The number of pyridine rings is 2. The van der Waals surface area contributed by atoms with Crippen molar-refractivity contribution in [1.29, 1.82) is 0 Å². The summed E-state index contributed by atoms with van der Waals surface area (Å²) in [6.07, 6.45) is 3.14. The molecule has 0 fully saturated rings. The highest BCUT2D eigenvalue weighted by Gasteiger charge is 2.10. The van der Waals surface area contributed by atoms with Crippen LogP contribution in [0.15, 0.2) is 58.1 Å². The average molecular weight is 360 g/mol. The van der Waals surface area contributed by atoms with Gasteiger partial charge in [-0.05, 0) is 40.2 Å². The van der Waals surface area contributed by atoms with Crippen molar-refractivity contribution >= 4 is 27.5 Å². The minimum absolute atomic E-state index is 0.0861. The van der Waals surface area contributed by atoms with Crippen molar-refractivity contribution in [3.63, 3.8) is 0 Å². The van der Waals surface area contributed by atoms with Crippen LogP contribution < -0.4 is 5.56 Å². The lowest BCUT2D eigenvalue weighted by molar-refractivity contribution is 0.0460. The van der Waals surface area contributed by atoms with Crippen LogP contribution in [0, 0.1) is 0 Å². The molecule has 0 saturated heterocycles. The van der Waals surface area contributed by atoms with Crippen molar-refractivity contribution in [1.82, 2.24) is 14.4 Å². The van der Waals surface area contributed by atoms with Gasteiger partial charge in [-0.15, -0.1) is 0 Å². The predicted molar refractivity (Wildman–Crippen MR) is 82.5 cm³/mol. The molecule has 0 amide bonds. The normalized spacial score (nSPS) is 10.6. The Bertz CT molecular complexity index is 893. The maximum atomic E-state index is 12.0. The van der Waals surface area contributed by atoms with E-state index in [9.17, 15) is 9.59 Å². The Labute approximate surface area is 133 Å². The van der Waals surface area contributed by atoms with Crippen LogP contribution in [0.1, 0.15) is 16.2 Å². The number of esters is 1. The fourth-order valence-corrected chi connectivity index (χ4v) is 2.23. The second-order valence-electron chi connectivity index (χ2n) is 4.45. The highest BCUT2D eigenvalue weighted by atomic mass is 79.9. The molecule has 0 aromatic carbocycles. The molecule has 110 valence electrons. The number of halogens is 1. The maximum absolute atomic E-state index is 12.0. The second kappa shape index (κ2) is 6.07. The Hall–Kier alpha value is -2.54. The lowest BCUT2D eigenvalue weighted by Crippen LogP contribution is -2.16. The Balaban J connectivity index is 1.81. The fourth-order valence-electron chi connectivity index (χ4n) is 1.90. The number of hydrogen-bond donors (Lipinski definition) is 0. The van der Waals surface area contributed by atoms with Gasteiger partial charge in [-0.3, -0.25) is 9.20 Å². The molecule has 3 rings (SSSR count). The van der Waals surface area contributed by atoms with E-state index in [0.29, 0.717) is 11.3 Å². The summed E-state index contributed by atoms with van der Waals surface area (Å²) in [5.41, 5.74) is 0.843. The van der Waals surface area contributed by atoms with Gasteiger partial charge in [0.25, 0.3) is 5.56 Å². The van der Waals surface area contributed by atoms with E-state index in [2.05, 4.69) is 25.9 Å². The number of ether oxygens (including phenoxy) is 1. The molecular formula is C15H10BrN3O3. The third kappa shape index (κ3) is 3.04. The quantitative estimate of drug-likeness (QED) is 0.670. The summed E-state index contributed by atoms with van der Waals surface area (Å²) in [6, 6.07) is 9.79. The molecule has 0 aliphatic carbocycles. The van der Waals surface area contributed by atoms with Crippen LogP contribution in [0.5, 0.6) is 0 Å². The van der Waals surface area contributed by atoms with E-state index < -0.39 is 5.97 Å². The molecule has 0 aliphatic heterocycles. The second-order valence-corrected chi connectivity index (χ2v) is 5.37. The lowest BCUT2D eigenvalue weighted by Gasteiger charge is -2.06. The summed E-state index contributed by atoms with van der Waals surface area (Å²) in [5, 5.41) is 0. The summed E-state index contributed by atoms with van der Waals surface area (Å²) in [6.45, 7) is -0.0861. The first-order valence-corrected chi connectivity index (χ1v) is 7.19. The molecule has 0 aliphatic rings. The van der Waals surface area contributed by atoms with Crippen molar-refractivity contribution in [2.45, 2.75) is 6.61 Å². The zero-order valence-electron chi connectivity index (χ0n) is 11.3. The molecule has 22 heavy (non-hydrogen) atoms. The van der Waals surface area contributed by atoms with Gasteiger partial charge in [0.05, 0.1) is 5.69 Å². The molecule has 0 radical (unpaired) electrons. The van der Waals surface area contributed by atoms with Crippen LogP contribution in [0.3, 0.4) is 0 Å². The van der Waals surface area contributed by atoms with Gasteiger partial charge in [0.1, 0.15) is 17.9 Å². The molecule has 7 heteroatoms. The topological polar surface area (TPSA) is 73.6 Å². The van der Waals surface area contributed by atoms with Crippen molar-refractivity contribution in [2.24, 2.45) is 0 Å². The van der Waals surface area contributed by atoms with Crippen molar-refractivity contribution < 1.29 is 9.53 Å². The van der Waals surface area contributed by atoms with Crippen LogP contribution in [-0.4, -0.2) is 20.3 Å². The van der Waals surface area contributed by atoms with Crippen molar-refractivity contribution in [3.05, 3.63) is 75.0 Å². The van der Waals surface area contributed by atoms with E-state index in [1.54, 1.807) is 36.5 Å². The smallest absolute Gasteiger partial charge is 0.357 e. The zero-order valence-corrected chi connectivity index (χ0v) is 12.9. The standard InChI is InChI=1S/C15H10BrN3O3/c16-10-4-5-13-18-11(7-14(20)19(13)8-10)9-22-15(21)12-3-1-2-6-17-12/h1-8H,9H2. The van der Waals surface area contributed by atoms with Gasteiger partial charge in [0, 0.05) is 22.9 Å². The molecule has 0 atom stereocenters. The SMILES string of the molecule is O=C(OCc1cc(=O)n2cc(Br)ccc2n1)c1ccccn1. The van der Waals surface area contributed by atoms with Gasteiger partial charge in [-0.25, -0.2) is 14.8 Å². The van der Waals surface area contributed by atoms with Crippen LogP contribution >= 0.6 is 15.9 Å².